The SMILES string of the molecule is CCOC(=O)c1sc(N2C(=O)C(=O)/C(=C(/O)c3ccc4c(c3)C[C@H](C)O4)[C@@H]2c2ccc(C(C)C)cc2)nc1C. The topological polar surface area (TPSA) is 106 Å². The lowest BCUT2D eigenvalue weighted by molar-refractivity contribution is -0.132. The number of aliphatic hydroxyl groups excluding tert-OH is 1. The van der Waals surface area contributed by atoms with Gasteiger partial charge in [-0.3, -0.25) is 14.5 Å². The van der Waals surface area contributed by atoms with Gasteiger partial charge in [0.05, 0.1) is 23.9 Å². The van der Waals surface area contributed by atoms with Crippen LogP contribution in [0.5, 0.6) is 5.75 Å². The molecule has 2 aromatic carbocycles. The van der Waals surface area contributed by atoms with E-state index in [9.17, 15) is 19.5 Å². The number of rotatable bonds is 6. The molecule has 1 fully saturated rings. The molecule has 5 rings (SSSR count). The summed E-state index contributed by atoms with van der Waals surface area (Å²) in [6.07, 6.45) is 0.698. The number of aromatic nitrogens is 1. The zero-order chi connectivity index (χ0) is 28.0. The van der Waals surface area contributed by atoms with Gasteiger partial charge >= 0.3 is 11.9 Å². The van der Waals surface area contributed by atoms with Gasteiger partial charge < -0.3 is 14.6 Å². The standard InChI is InChI=1S/C30H30N2O6S/c1-6-37-29(36)27-17(5)31-30(39-27)32-24(19-9-7-18(8-10-19)15(2)3)23(26(34)28(32)35)25(33)20-11-12-22-21(14-20)13-16(4)38-22/h7-12,14-16,24,33H,6,13H2,1-5H3/b25-23+/t16-,24-/m0/s1. The number of ether oxygens (including phenoxy) is 2. The average molecular weight is 547 g/mol. The summed E-state index contributed by atoms with van der Waals surface area (Å²) in [5.74, 6) is -1.42. The zero-order valence-electron chi connectivity index (χ0n) is 22.5. The molecule has 2 aliphatic rings. The molecule has 1 saturated heterocycles. The Kier molecular flexibility index (Phi) is 7.03. The van der Waals surface area contributed by atoms with Crippen LogP contribution in [0.1, 0.15) is 77.3 Å². The first-order valence-electron chi connectivity index (χ1n) is 13.0. The van der Waals surface area contributed by atoms with Crippen molar-refractivity contribution < 1.29 is 29.0 Å². The van der Waals surface area contributed by atoms with Gasteiger partial charge in [0.25, 0.3) is 5.78 Å². The van der Waals surface area contributed by atoms with Crippen LogP contribution in [0, 0.1) is 6.92 Å². The van der Waals surface area contributed by atoms with Crippen molar-refractivity contribution in [3.8, 4) is 5.75 Å². The van der Waals surface area contributed by atoms with Crippen molar-refractivity contribution >= 4 is 39.9 Å². The van der Waals surface area contributed by atoms with Gasteiger partial charge in [0.2, 0.25) is 0 Å². The molecule has 1 amide bonds. The maximum atomic E-state index is 13.5. The predicted molar refractivity (Wildman–Crippen MR) is 148 cm³/mol. The van der Waals surface area contributed by atoms with Gasteiger partial charge in [-0.2, -0.15) is 0 Å². The van der Waals surface area contributed by atoms with Crippen molar-refractivity contribution in [1.82, 2.24) is 4.98 Å². The number of esters is 1. The highest BCUT2D eigenvalue weighted by atomic mass is 32.1. The second-order valence-corrected chi connectivity index (χ2v) is 11.1. The minimum atomic E-state index is -0.935. The number of aryl methyl sites for hydroxylation is 1. The van der Waals surface area contributed by atoms with Gasteiger partial charge in [-0.25, -0.2) is 9.78 Å². The normalized spacial score (nSPS) is 19.9. The maximum absolute atomic E-state index is 13.5. The number of benzene rings is 2. The highest BCUT2D eigenvalue weighted by Crippen LogP contribution is 2.44. The van der Waals surface area contributed by atoms with Crippen LogP contribution >= 0.6 is 11.3 Å². The van der Waals surface area contributed by atoms with Gasteiger partial charge in [-0.1, -0.05) is 49.4 Å². The summed E-state index contributed by atoms with van der Waals surface area (Å²) in [6.45, 7) is 9.68. The summed E-state index contributed by atoms with van der Waals surface area (Å²) in [7, 11) is 0. The second kappa shape index (κ2) is 10.3. The number of anilines is 1. The summed E-state index contributed by atoms with van der Waals surface area (Å²) in [6, 6.07) is 11.9. The van der Waals surface area contributed by atoms with E-state index in [-0.39, 0.29) is 40.0 Å². The number of carbonyl (C=O) groups is 3. The van der Waals surface area contributed by atoms with Gasteiger partial charge in [0, 0.05) is 12.0 Å². The number of carbonyl (C=O) groups excluding carboxylic acids is 3. The molecule has 1 N–H and O–H groups in total. The van der Waals surface area contributed by atoms with Gasteiger partial charge in [0.1, 0.15) is 22.5 Å². The summed E-state index contributed by atoms with van der Waals surface area (Å²) < 4.78 is 10.9. The van der Waals surface area contributed by atoms with E-state index < -0.39 is 23.7 Å². The van der Waals surface area contributed by atoms with E-state index in [1.54, 1.807) is 32.0 Å². The van der Waals surface area contributed by atoms with Crippen molar-refractivity contribution in [3.05, 3.63) is 80.9 Å². The van der Waals surface area contributed by atoms with Crippen LogP contribution in [-0.2, 0) is 20.7 Å². The molecule has 2 aliphatic heterocycles. The van der Waals surface area contributed by atoms with E-state index >= 15 is 0 Å². The Morgan fingerprint density at radius 1 is 1.21 bits per heavy atom. The predicted octanol–water partition coefficient (Wildman–Crippen LogP) is 5.70. The van der Waals surface area contributed by atoms with E-state index in [1.165, 1.54) is 4.90 Å². The van der Waals surface area contributed by atoms with Crippen molar-refractivity contribution in [3.63, 3.8) is 0 Å². The number of amides is 1. The third-order valence-electron chi connectivity index (χ3n) is 6.98. The summed E-state index contributed by atoms with van der Waals surface area (Å²) in [4.78, 5) is 45.5. The van der Waals surface area contributed by atoms with Gasteiger partial charge in [-0.05, 0) is 61.6 Å². The number of fused-ring (bicyclic) bond motifs is 1. The molecule has 8 nitrogen and oxygen atoms in total. The van der Waals surface area contributed by atoms with Crippen LogP contribution in [0.15, 0.2) is 48.0 Å². The van der Waals surface area contributed by atoms with Crippen LogP contribution in [0.2, 0.25) is 0 Å². The number of ketones is 1. The highest BCUT2D eigenvalue weighted by molar-refractivity contribution is 7.17. The van der Waals surface area contributed by atoms with Crippen LogP contribution < -0.4 is 9.64 Å². The molecular formula is C30H30N2O6S. The molecule has 39 heavy (non-hydrogen) atoms. The van der Waals surface area contributed by atoms with Gasteiger partial charge in [-0.15, -0.1) is 0 Å². The zero-order valence-corrected chi connectivity index (χ0v) is 23.3. The molecule has 0 aliphatic carbocycles. The molecule has 0 saturated carbocycles. The quantitative estimate of drug-likeness (QED) is 0.183. The van der Waals surface area contributed by atoms with Gasteiger partial charge in [0.15, 0.2) is 5.13 Å². The first-order valence-corrected chi connectivity index (χ1v) is 13.8. The Morgan fingerprint density at radius 2 is 1.92 bits per heavy atom. The first-order chi connectivity index (χ1) is 18.6. The Bertz CT molecular complexity index is 1500. The Balaban J connectivity index is 1.66. The van der Waals surface area contributed by atoms with E-state index in [2.05, 4.69) is 18.8 Å². The Hall–Kier alpha value is -3.98. The van der Waals surface area contributed by atoms with Crippen LogP contribution in [0.25, 0.3) is 5.76 Å². The van der Waals surface area contributed by atoms with Crippen molar-refractivity contribution in [2.75, 3.05) is 11.5 Å². The smallest absolute Gasteiger partial charge is 0.350 e. The Labute approximate surface area is 230 Å². The van der Waals surface area contributed by atoms with E-state index in [0.29, 0.717) is 23.2 Å². The van der Waals surface area contributed by atoms with Crippen LogP contribution in [0.4, 0.5) is 5.13 Å². The molecule has 9 heteroatoms. The fourth-order valence-electron chi connectivity index (χ4n) is 5.00. The average Bonchev–Trinajstić information content (AvgIpc) is 3.55. The van der Waals surface area contributed by atoms with E-state index in [0.717, 1.165) is 28.2 Å². The number of hydrogen-bond donors (Lipinski definition) is 1. The molecule has 3 heterocycles. The molecule has 0 radical (unpaired) electrons. The lowest BCUT2D eigenvalue weighted by Gasteiger charge is -2.23. The third-order valence-corrected chi connectivity index (χ3v) is 8.12. The lowest BCUT2D eigenvalue weighted by Crippen LogP contribution is -2.29. The number of nitrogens with zero attached hydrogens (tertiary/aromatic N) is 2. The monoisotopic (exact) mass is 546 g/mol. The van der Waals surface area contributed by atoms with Crippen LogP contribution in [-0.4, -0.2) is 40.5 Å². The Morgan fingerprint density at radius 3 is 2.59 bits per heavy atom. The third kappa shape index (κ3) is 4.71. The molecule has 0 unspecified atom stereocenters. The second-order valence-electron chi connectivity index (χ2n) is 10.1. The maximum Gasteiger partial charge on any atom is 0.350 e. The number of thiazole rings is 1. The molecule has 0 bridgehead atoms. The molecule has 2 atom stereocenters. The number of aliphatic hydroxyl groups is 1. The van der Waals surface area contributed by atoms with Crippen molar-refractivity contribution in [2.24, 2.45) is 0 Å². The minimum absolute atomic E-state index is 0.0178. The fraction of sp³-hybridized carbons (Fsp3) is 0.333. The minimum Gasteiger partial charge on any atom is -0.507 e. The summed E-state index contributed by atoms with van der Waals surface area (Å²) in [5, 5.41) is 11.7. The van der Waals surface area contributed by atoms with Crippen molar-refractivity contribution in [1.29, 1.82) is 0 Å². The largest absolute Gasteiger partial charge is 0.507 e. The molecular weight excluding hydrogens is 516 g/mol. The van der Waals surface area contributed by atoms with Crippen molar-refractivity contribution in [2.45, 2.75) is 59.1 Å². The molecule has 3 aromatic rings. The summed E-state index contributed by atoms with van der Waals surface area (Å²) >= 11 is 0.990. The molecule has 202 valence electrons. The van der Waals surface area contributed by atoms with E-state index in [1.807, 2.05) is 31.2 Å². The summed E-state index contributed by atoms with van der Waals surface area (Å²) in [5.41, 5.74) is 3.46. The number of Topliss-reactive ketones (excluding diaryl/α,β-unsaturated/α-hetero) is 1. The number of hydrogen-bond acceptors (Lipinski definition) is 8. The fourth-order valence-corrected chi connectivity index (χ4v) is 5.99. The molecule has 0 spiro atoms. The lowest BCUT2D eigenvalue weighted by atomic mass is 9.93. The first kappa shape index (κ1) is 26.6. The van der Waals surface area contributed by atoms with Crippen LogP contribution in [0.3, 0.4) is 0 Å². The van der Waals surface area contributed by atoms with E-state index in [4.69, 9.17) is 9.47 Å². The highest BCUT2D eigenvalue weighted by Gasteiger charge is 2.48. The molecule has 1 aromatic heterocycles.